The Morgan fingerprint density at radius 3 is 2.53 bits per heavy atom. The van der Waals surface area contributed by atoms with Gasteiger partial charge in [0.2, 0.25) is 10.0 Å². The first kappa shape index (κ1) is 21.6. The van der Waals surface area contributed by atoms with Gasteiger partial charge in [0.1, 0.15) is 10.6 Å². The van der Waals surface area contributed by atoms with Gasteiger partial charge in [-0.1, -0.05) is 30.3 Å². The van der Waals surface area contributed by atoms with Gasteiger partial charge in [-0.05, 0) is 24.3 Å². The third-order valence-corrected chi connectivity index (χ3v) is 6.03. The van der Waals surface area contributed by atoms with E-state index in [4.69, 9.17) is 9.15 Å². The van der Waals surface area contributed by atoms with E-state index in [1.807, 2.05) is 30.3 Å². The van der Waals surface area contributed by atoms with Crippen LogP contribution in [0, 0.1) is 0 Å². The highest BCUT2D eigenvalue weighted by Gasteiger charge is 2.22. The lowest BCUT2D eigenvalue weighted by Gasteiger charge is -2.12. The number of nitrogens with zero attached hydrogens (tertiary/aromatic N) is 1. The Hall–Kier alpha value is -3.63. The molecule has 2 aromatic carbocycles. The fourth-order valence-electron chi connectivity index (χ4n) is 3.01. The Balaban J connectivity index is 1.67. The SMILES string of the molecule is COc1cc(NC(=O)c2sc(-c3ccco3)nc2-c2ccccc2)ccc1NS(C)(=O)=O. The highest BCUT2D eigenvalue weighted by Crippen LogP contribution is 2.35. The molecular weight excluding hydrogens is 450 g/mol. The van der Waals surface area contributed by atoms with Crippen molar-refractivity contribution in [2.24, 2.45) is 0 Å². The van der Waals surface area contributed by atoms with Crippen molar-refractivity contribution in [3.63, 3.8) is 0 Å². The van der Waals surface area contributed by atoms with Crippen LogP contribution in [0.5, 0.6) is 5.75 Å². The lowest BCUT2D eigenvalue weighted by atomic mass is 10.1. The van der Waals surface area contributed by atoms with Crippen molar-refractivity contribution in [1.82, 2.24) is 4.98 Å². The monoisotopic (exact) mass is 469 g/mol. The lowest BCUT2D eigenvalue weighted by molar-refractivity contribution is 0.103. The van der Waals surface area contributed by atoms with Gasteiger partial charge in [-0.2, -0.15) is 0 Å². The summed E-state index contributed by atoms with van der Waals surface area (Å²) in [5.74, 6) is 0.492. The molecule has 0 fully saturated rings. The zero-order valence-electron chi connectivity index (χ0n) is 17.2. The third-order valence-electron chi connectivity index (χ3n) is 4.37. The molecule has 0 aliphatic rings. The maximum Gasteiger partial charge on any atom is 0.268 e. The van der Waals surface area contributed by atoms with Gasteiger partial charge in [0.05, 0.1) is 31.0 Å². The van der Waals surface area contributed by atoms with Crippen LogP contribution in [0.1, 0.15) is 9.67 Å². The van der Waals surface area contributed by atoms with Gasteiger partial charge in [-0.25, -0.2) is 13.4 Å². The number of amides is 1. The summed E-state index contributed by atoms with van der Waals surface area (Å²) in [7, 11) is -2.06. The zero-order valence-corrected chi connectivity index (χ0v) is 18.8. The van der Waals surface area contributed by atoms with Gasteiger partial charge in [-0.15, -0.1) is 11.3 Å². The number of hydrogen-bond donors (Lipinski definition) is 2. The fourth-order valence-corrected chi connectivity index (χ4v) is 4.53. The normalized spacial score (nSPS) is 11.2. The molecule has 1 amide bonds. The van der Waals surface area contributed by atoms with Crippen LogP contribution in [0.3, 0.4) is 0 Å². The second-order valence-electron chi connectivity index (χ2n) is 6.78. The molecule has 0 saturated carbocycles. The molecule has 164 valence electrons. The van der Waals surface area contributed by atoms with Crippen molar-refractivity contribution < 1.29 is 22.4 Å². The predicted octanol–water partition coefficient (Wildman–Crippen LogP) is 4.70. The molecule has 8 nitrogen and oxygen atoms in total. The number of carbonyl (C=O) groups is 1. The minimum atomic E-state index is -3.48. The van der Waals surface area contributed by atoms with Crippen LogP contribution >= 0.6 is 11.3 Å². The number of benzene rings is 2. The van der Waals surface area contributed by atoms with Crippen LogP contribution in [0.15, 0.2) is 71.3 Å². The zero-order chi connectivity index (χ0) is 22.7. The molecule has 4 rings (SSSR count). The summed E-state index contributed by atoms with van der Waals surface area (Å²) in [6.07, 6.45) is 2.60. The van der Waals surface area contributed by atoms with E-state index in [0.29, 0.717) is 27.0 Å². The number of rotatable bonds is 7. The molecule has 2 heterocycles. The Bertz CT molecular complexity index is 1350. The number of thiazole rings is 1. The van der Waals surface area contributed by atoms with Gasteiger partial charge in [0.15, 0.2) is 10.8 Å². The Kier molecular flexibility index (Phi) is 5.97. The van der Waals surface area contributed by atoms with E-state index in [1.165, 1.54) is 24.5 Å². The second-order valence-corrected chi connectivity index (χ2v) is 9.53. The number of furan rings is 1. The molecule has 10 heteroatoms. The van der Waals surface area contributed by atoms with E-state index in [0.717, 1.165) is 11.8 Å². The first-order valence-corrected chi connectivity index (χ1v) is 12.1. The molecule has 0 saturated heterocycles. The fraction of sp³-hybridized carbons (Fsp3) is 0.0909. The van der Waals surface area contributed by atoms with E-state index in [2.05, 4.69) is 15.0 Å². The van der Waals surface area contributed by atoms with Gasteiger partial charge >= 0.3 is 0 Å². The Morgan fingerprint density at radius 1 is 1.09 bits per heavy atom. The summed E-state index contributed by atoms with van der Waals surface area (Å²) >= 11 is 1.22. The van der Waals surface area contributed by atoms with E-state index in [1.54, 1.807) is 30.5 Å². The summed E-state index contributed by atoms with van der Waals surface area (Å²) in [5, 5.41) is 3.42. The minimum Gasteiger partial charge on any atom is -0.494 e. The van der Waals surface area contributed by atoms with Gasteiger partial charge in [0, 0.05) is 17.3 Å². The summed E-state index contributed by atoms with van der Waals surface area (Å²) in [5.41, 5.74) is 2.06. The van der Waals surface area contributed by atoms with Gasteiger partial charge in [-0.3, -0.25) is 9.52 Å². The van der Waals surface area contributed by atoms with Crippen LogP contribution in [0.2, 0.25) is 0 Å². The van der Waals surface area contributed by atoms with Crippen LogP contribution in [-0.2, 0) is 10.0 Å². The Labute approximate surface area is 188 Å². The van der Waals surface area contributed by atoms with Crippen LogP contribution in [0.25, 0.3) is 22.0 Å². The van der Waals surface area contributed by atoms with Crippen molar-refractivity contribution >= 4 is 38.6 Å². The average Bonchev–Trinajstić information content (AvgIpc) is 3.44. The molecular formula is C22H19N3O5S2. The smallest absolute Gasteiger partial charge is 0.268 e. The summed E-state index contributed by atoms with van der Waals surface area (Å²) in [6.45, 7) is 0. The molecule has 0 radical (unpaired) electrons. The first-order chi connectivity index (χ1) is 15.3. The largest absolute Gasteiger partial charge is 0.494 e. The molecule has 4 aromatic rings. The number of ether oxygens (including phenoxy) is 1. The summed E-state index contributed by atoms with van der Waals surface area (Å²) < 4.78 is 36.2. The molecule has 0 aliphatic heterocycles. The lowest BCUT2D eigenvalue weighted by Crippen LogP contribution is -2.13. The minimum absolute atomic E-state index is 0.274. The van der Waals surface area contributed by atoms with E-state index < -0.39 is 10.0 Å². The summed E-state index contributed by atoms with van der Waals surface area (Å²) in [6, 6.07) is 17.6. The molecule has 2 N–H and O–H groups in total. The molecule has 0 bridgehead atoms. The van der Waals surface area contributed by atoms with Crippen molar-refractivity contribution in [2.75, 3.05) is 23.4 Å². The van der Waals surface area contributed by atoms with Crippen molar-refractivity contribution in [1.29, 1.82) is 0 Å². The number of hydrogen-bond acceptors (Lipinski definition) is 7. The number of sulfonamides is 1. The number of nitrogens with one attached hydrogen (secondary N) is 2. The van der Waals surface area contributed by atoms with Gasteiger partial charge in [0.25, 0.3) is 5.91 Å². The van der Waals surface area contributed by atoms with E-state index in [-0.39, 0.29) is 17.3 Å². The number of carbonyl (C=O) groups excluding carboxylic acids is 1. The van der Waals surface area contributed by atoms with E-state index >= 15 is 0 Å². The molecule has 0 atom stereocenters. The van der Waals surface area contributed by atoms with E-state index in [9.17, 15) is 13.2 Å². The molecule has 2 aromatic heterocycles. The van der Waals surface area contributed by atoms with Crippen molar-refractivity contribution in [3.8, 4) is 27.8 Å². The van der Waals surface area contributed by atoms with Crippen LogP contribution in [0.4, 0.5) is 11.4 Å². The summed E-state index contributed by atoms with van der Waals surface area (Å²) in [4.78, 5) is 18.2. The topological polar surface area (TPSA) is 111 Å². The maximum atomic E-state index is 13.2. The molecule has 0 aliphatic carbocycles. The quantitative estimate of drug-likeness (QED) is 0.406. The molecule has 32 heavy (non-hydrogen) atoms. The third kappa shape index (κ3) is 4.82. The highest BCUT2D eigenvalue weighted by molar-refractivity contribution is 7.92. The Morgan fingerprint density at radius 2 is 1.88 bits per heavy atom. The van der Waals surface area contributed by atoms with Gasteiger partial charge < -0.3 is 14.5 Å². The maximum absolute atomic E-state index is 13.2. The predicted molar refractivity (Wildman–Crippen MR) is 125 cm³/mol. The first-order valence-electron chi connectivity index (χ1n) is 9.41. The number of anilines is 2. The molecule has 0 unspecified atom stereocenters. The highest BCUT2D eigenvalue weighted by atomic mass is 32.2. The number of methoxy groups -OCH3 is 1. The molecule has 0 spiro atoms. The standard InChI is InChI=1S/C22H19N3O5S2/c1-29-18-13-15(10-11-16(18)25-32(2,27)28)23-21(26)20-19(14-7-4-3-5-8-14)24-22(31-20)17-9-6-12-30-17/h3-13,25H,1-2H3,(H,23,26). The average molecular weight is 470 g/mol. The van der Waals surface area contributed by atoms with Crippen LogP contribution in [-0.4, -0.2) is 32.7 Å². The number of aromatic nitrogens is 1. The van der Waals surface area contributed by atoms with Crippen LogP contribution < -0.4 is 14.8 Å². The van der Waals surface area contributed by atoms with Crippen molar-refractivity contribution in [2.45, 2.75) is 0 Å². The second kappa shape index (κ2) is 8.85. The van der Waals surface area contributed by atoms with Crippen molar-refractivity contribution in [3.05, 3.63) is 71.8 Å².